The summed E-state index contributed by atoms with van der Waals surface area (Å²) in [5.41, 5.74) is -0.277. The first-order chi connectivity index (χ1) is 11.1. The second-order valence-corrected chi connectivity index (χ2v) is 5.92. The molecule has 0 aliphatic carbocycles. The number of hydrogen-bond donors (Lipinski definition) is 2. The molecule has 0 aromatic carbocycles. The van der Waals surface area contributed by atoms with Crippen LogP contribution in [-0.4, -0.2) is 31.8 Å². The van der Waals surface area contributed by atoms with Crippen molar-refractivity contribution in [1.29, 1.82) is 0 Å². The van der Waals surface area contributed by atoms with Crippen LogP contribution in [0.15, 0.2) is 39.5 Å². The molecule has 0 fully saturated rings. The molecule has 3 aromatic heterocycles. The third-order valence-corrected chi connectivity index (χ3v) is 4.43. The van der Waals surface area contributed by atoms with Crippen LogP contribution in [0, 0.1) is 0 Å². The molecule has 3 aromatic rings. The lowest BCUT2D eigenvalue weighted by Gasteiger charge is -2.12. The van der Waals surface area contributed by atoms with Gasteiger partial charge in [-0.05, 0) is 24.4 Å². The van der Waals surface area contributed by atoms with E-state index >= 15 is 0 Å². The first-order valence-corrected chi connectivity index (χ1v) is 7.93. The summed E-state index contributed by atoms with van der Waals surface area (Å²) in [6, 6.07) is 2.97. The van der Waals surface area contributed by atoms with E-state index in [0.29, 0.717) is 10.2 Å². The fraction of sp³-hybridized carbons (Fsp3) is 0.286. The minimum absolute atomic E-state index is 0.111. The Kier molecular flexibility index (Phi) is 4.11. The molecule has 0 bridgehead atoms. The molecule has 0 spiro atoms. The highest BCUT2D eigenvalue weighted by Crippen LogP contribution is 2.11. The second-order valence-electron chi connectivity index (χ2n) is 5.00. The number of thiophene rings is 1. The number of H-pyrrole nitrogens is 1. The molecule has 0 aliphatic rings. The number of aromatic nitrogens is 4. The van der Waals surface area contributed by atoms with E-state index < -0.39 is 11.7 Å². The van der Waals surface area contributed by atoms with Crippen molar-refractivity contribution in [2.24, 2.45) is 0 Å². The number of amides is 1. The highest BCUT2D eigenvalue weighted by Gasteiger charge is 2.15. The fourth-order valence-corrected chi connectivity index (χ4v) is 3.04. The first kappa shape index (κ1) is 15.2. The van der Waals surface area contributed by atoms with E-state index in [2.05, 4.69) is 15.4 Å². The summed E-state index contributed by atoms with van der Waals surface area (Å²) in [6.07, 6.45) is 3.29. The van der Waals surface area contributed by atoms with Gasteiger partial charge >= 0.3 is 5.69 Å². The van der Waals surface area contributed by atoms with Crippen molar-refractivity contribution in [3.8, 4) is 0 Å². The minimum atomic E-state index is -0.477. The van der Waals surface area contributed by atoms with Crippen LogP contribution in [0.2, 0.25) is 0 Å². The zero-order valence-corrected chi connectivity index (χ0v) is 13.2. The predicted molar refractivity (Wildman–Crippen MR) is 86.7 cm³/mol. The monoisotopic (exact) mass is 333 g/mol. The lowest BCUT2D eigenvalue weighted by molar-refractivity contribution is -0.124. The Hall–Kier alpha value is -2.68. The summed E-state index contributed by atoms with van der Waals surface area (Å²) in [4.78, 5) is 38.8. The van der Waals surface area contributed by atoms with Gasteiger partial charge in [-0.3, -0.25) is 18.8 Å². The molecular weight excluding hydrogens is 318 g/mol. The lowest BCUT2D eigenvalue weighted by atomic mass is 10.3. The number of hydrogen-bond acceptors (Lipinski definition) is 5. The quantitative estimate of drug-likeness (QED) is 0.702. The number of aromatic amines is 1. The van der Waals surface area contributed by atoms with Crippen molar-refractivity contribution in [3.05, 3.63) is 50.7 Å². The van der Waals surface area contributed by atoms with E-state index in [1.807, 2.05) is 0 Å². The molecule has 1 atom stereocenters. The van der Waals surface area contributed by atoms with Crippen LogP contribution >= 0.6 is 11.3 Å². The van der Waals surface area contributed by atoms with E-state index in [0.717, 1.165) is 4.57 Å². The molecule has 1 amide bonds. The maximum atomic E-state index is 12.2. The van der Waals surface area contributed by atoms with E-state index in [1.54, 1.807) is 36.8 Å². The summed E-state index contributed by atoms with van der Waals surface area (Å²) in [5.74, 6) is -0.227. The first-order valence-electron chi connectivity index (χ1n) is 7.05. The van der Waals surface area contributed by atoms with Crippen molar-refractivity contribution in [2.75, 3.05) is 6.54 Å². The second kappa shape index (κ2) is 6.21. The number of nitrogens with zero attached hydrogens (tertiary/aromatic N) is 3. The molecule has 0 saturated carbocycles. The van der Waals surface area contributed by atoms with Gasteiger partial charge in [-0.25, -0.2) is 4.79 Å². The summed E-state index contributed by atoms with van der Waals surface area (Å²) >= 11 is 1.28. The maximum Gasteiger partial charge on any atom is 0.328 e. The summed E-state index contributed by atoms with van der Waals surface area (Å²) in [6.45, 7) is 2.02. The van der Waals surface area contributed by atoms with Crippen LogP contribution < -0.4 is 16.6 Å². The lowest BCUT2D eigenvalue weighted by Crippen LogP contribution is -2.40. The van der Waals surface area contributed by atoms with Gasteiger partial charge in [-0.2, -0.15) is 5.10 Å². The average molecular weight is 333 g/mol. The Bertz CT molecular complexity index is 937. The molecule has 0 aliphatic heterocycles. The van der Waals surface area contributed by atoms with Crippen LogP contribution in [0.1, 0.15) is 13.0 Å². The summed E-state index contributed by atoms with van der Waals surface area (Å²) in [7, 11) is 0. The van der Waals surface area contributed by atoms with Crippen molar-refractivity contribution in [1.82, 2.24) is 24.6 Å². The molecule has 8 nitrogen and oxygen atoms in total. The molecule has 2 N–H and O–H groups in total. The van der Waals surface area contributed by atoms with Gasteiger partial charge in [0.15, 0.2) is 0 Å². The Morgan fingerprint density at radius 1 is 1.48 bits per heavy atom. The normalized spacial score (nSPS) is 12.4. The van der Waals surface area contributed by atoms with Gasteiger partial charge in [0.2, 0.25) is 5.91 Å². The van der Waals surface area contributed by atoms with Crippen LogP contribution in [0.25, 0.3) is 10.2 Å². The molecule has 0 unspecified atom stereocenters. The number of rotatable bonds is 5. The molecule has 3 heterocycles. The number of fused-ring (bicyclic) bond motifs is 1. The maximum absolute atomic E-state index is 12.2. The molecule has 23 heavy (non-hydrogen) atoms. The standard InChI is InChI=1S/C14H15N5O3S/c1-9(19-6-2-4-16-19)12(20)15-5-7-18-13(21)11-10(3-8-23-11)17-14(18)22/h2-4,6,8-9H,5,7H2,1H3,(H,15,20)(H,17,22)/t9-/m1/s1. The summed E-state index contributed by atoms with van der Waals surface area (Å²) in [5, 5.41) is 8.46. The fourth-order valence-electron chi connectivity index (χ4n) is 2.24. The third-order valence-electron chi connectivity index (χ3n) is 3.53. The Labute approximate surface area is 134 Å². The molecule has 9 heteroatoms. The highest BCUT2D eigenvalue weighted by atomic mass is 32.1. The van der Waals surface area contributed by atoms with Crippen LogP contribution in [-0.2, 0) is 11.3 Å². The van der Waals surface area contributed by atoms with Crippen molar-refractivity contribution < 1.29 is 4.79 Å². The van der Waals surface area contributed by atoms with Gasteiger partial charge < -0.3 is 10.3 Å². The van der Waals surface area contributed by atoms with Crippen molar-refractivity contribution in [3.63, 3.8) is 0 Å². The van der Waals surface area contributed by atoms with Crippen LogP contribution in [0.3, 0.4) is 0 Å². The van der Waals surface area contributed by atoms with E-state index in [4.69, 9.17) is 0 Å². The smallest absolute Gasteiger partial charge is 0.328 e. The molecule has 3 rings (SSSR count). The van der Waals surface area contributed by atoms with Crippen molar-refractivity contribution >= 4 is 27.5 Å². The zero-order valence-electron chi connectivity index (χ0n) is 12.4. The number of nitrogens with one attached hydrogen (secondary N) is 2. The van der Waals surface area contributed by atoms with Gasteiger partial charge in [-0.15, -0.1) is 11.3 Å². The molecular formula is C14H15N5O3S. The van der Waals surface area contributed by atoms with Gasteiger partial charge in [0.05, 0.1) is 5.52 Å². The van der Waals surface area contributed by atoms with Crippen molar-refractivity contribution in [2.45, 2.75) is 19.5 Å². The average Bonchev–Trinajstić information content (AvgIpc) is 3.20. The van der Waals surface area contributed by atoms with Crippen LogP contribution in [0.4, 0.5) is 0 Å². The molecule has 0 radical (unpaired) electrons. The van der Waals surface area contributed by atoms with Gasteiger partial charge in [-0.1, -0.05) is 0 Å². The topological polar surface area (TPSA) is 102 Å². The predicted octanol–water partition coefficient (Wildman–Crippen LogP) is 0.325. The van der Waals surface area contributed by atoms with E-state index in [-0.39, 0.29) is 24.6 Å². The summed E-state index contributed by atoms with van der Waals surface area (Å²) < 4.78 is 3.13. The Morgan fingerprint density at radius 2 is 2.30 bits per heavy atom. The Balaban J connectivity index is 1.68. The number of carbonyl (C=O) groups excluding carboxylic acids is 1. The SMILES string of the molecule is C[C@H](C(=O)NCCn1c(=O)[nH]c2ccsc2c1=O)n1cccn1. The zero-order chi connectivity index (χ0) is 16.4. The third kappa shape index (κ3) is 2.95. The number of carbonyl (C=O) groups is 1. The van der Waals surface area contributed by atoms with E-state index in [9.17, 15) is 14.4 Å². The van der Waals surface area contributed by atoms with Gasteiger partial charge in [0.1, 0.15) is 10.7 Å². The van der Waals surface area contributed by atoms with Gasteiger partial charge in [0, 0.05) is 25.5 Å². The largest absolute Gasteiger partial charge is 0.352 e. The van der Waals surface area contributed by atoms with Crippen LogP contribution in [0.5, 0.6) is 0 Å². The van der Waals surface area contributed by atoms with Gasteiger partial charge in [0.25, 0.3) is 5.56 Å². The Morgan fingerprint density at radius 3 is 3.04 bits per heavy atom. The molecule has 0 saturated heterocycles. The van der Waals surface area contributed by atoms with E-state index in [1.165, 1.54) is 16.0 Å². The highest BCUT2D eigenvalue weighted by molar-refractivity contribution is 7.17. The minimum Gasteiger partial charge on any atom is -0.352 e. The molecule has 120 valence electrons.